The maximum Gasteiger partial charge on any atom is 0.255 e. The molecule has 104 valence electrons. The first kappa shape index (κ1) is 14.5. The number of rotatable bonds is 2. The van der Waals surface area contributed by atoms with Crippen LogP contribution in [0.25, 0.3) is 10.9 Å². The molecule has 0 aliphatic heterocycles. The van der Waals surface area contributed by atoms with E-state index in [1.807, 2.05) is 48.5 Å². The van der Waals surface area contributed by atoms with Crippen molar-refractivity contribution in [1.29, 1.82) is 0 Å². The number of hydrogen-bond donors (Lipinski definition) is 1. The van der Waals surface area contributed by atoms with Gasteiger partial charge in [0.25, 0.3) is 5.91 Å². The standard InChI is InChI=1S/C16H10BrIN2O/c17-12-8-11-2-1-3-14(15(11)19-9-12)20-16(21)10-4-6-13(18)7-5-10/h1-9H,(H,20,21). The summed E-state index contributed by atoms with van der Waals surface area (Å²) in [5.41, 5.74) is 2.12. The van der Waals surface area contributed by atoms with E-state index in [-0.39, 0.29) is 5.91 Å². The van der Waals surface area contributed by atoms with E-state index in [0.717, 1.165) is 18.9 Å². The van der Waals surface area contributed by atoms with Gasteiger partial charge in [-0.15, -0.1) is 0 Å². The quantitative estimate of drug-likeness (QED) is 0.564. The highest BCUT2D eigenvalue weighted by Crippen LogP contribution is 2.24. The zero-order valence-corrected chi connectivity index (χ0v) is 14.6. The molecule has 0 aliphatic rings. The highest BCUT2D eigenvalue weighted by Gasteiger charge is 2.09. The van der Waals surface area contributed by atoms with Gasteiger partial charge in [0.05, 0.1) is 11.2 Å². The van der Waals surface area contributed by atoms with Crippen molar-refractivity contribution in [2.75, 3.05) is 5.32 Å². The number of fused-ring (bicyclic) bond motifs is 1. The molecule has 1 N–H and O–H groups in total. The van der Waals surface area contributed by atoms with Gasteiger partial charge in [-0.1, -0.05) is 12.1 Å². The van der Waals surface area contributed by atoms with Gasteiger partial charge < -0.3 is 5.32 Å². The fraction of sp³-hybridized carbons (Fsp3) is 0. The van der Waals surface area contributed by atoms with Crippen molar-refractivity contribution in [3.63, 3.8) is 0 Å². The number of anilines is 1. The van der Waals surface area contributed by atoms with Gasteiger partial charge in [-0.2, -0.15) is 0 Å². The average molecular weight is 453 g/mol. The Balaban J connectivity index is 1.94. The molecule has 0 radical (unpaired) electrons. The van der Waals surface area contributed by atoms with Crippen LogP contribution in [0.4, 0.5) is 5.69 Å². The average Bonchev–Trinajstić information content (AvgIpc) is 2.47. The molecule has 1 amide bonds. The van der Waals surface area contributed by atoms with Crippen molar-refractivity contribution < 1.29 is 4.79 Å². The number of benzene rings is 2. The first-order valence-corrected chi connectivity index (χ1v) is 8.12. The Morgan fingerprint density at radius 1 is 1.14 bits per heavy atom. The number of halogens is 2. The lowest BCUT2D eigenvalue weighted by Gasteiger charge is -2.08. The van der Waals surface area contributed by atoms with Crippen LogP contribution in [0, 0.1) is 3.57 Å². The molecular weight excluding hydrogens is 443 g/mol. The van der Waals surface area contributed by atoms with E-state index >= 15 is 0 Å². The third-order valence-corrected chi connectivity index (χ3v) is 4.19. The maximum absolute atomic E-state index is 12.3. The number of nitrogens with one attached hydrogen (secondary N) is 1. The molecule has 3 rings (SSSR count). The van der Waals surface area contributed by atoms with Gasteiger partial charge in [-0.05, 0) is 74.9 Å². The largest absolute Gasteiger partial charge is 0.320 e. The van der Waals surface area contributed by atoms with Gasteiger partial charge in [0.2, 0.25) is 0 Å². The third kappa shape index (κ3) is 3.24. The summed E-state index contributed by atoms with van der Waals surface area (Å²) in [6, 6.07) is 15.1. The number of nitrogens with zero attached hydrogens (tertiary/aromatic N) is 1. The molecule has 0 unspecified atom stereocenters. The fourth-order valence-electron chi connectivity index (χ4n) is 2.03. The summed E-state index contributed by atoms with van der Waals surface area (Å²) < 4.78 is 2.01. The number of pyridine rings is 1. The smallest absolute Gasteiger partial charge is 0.255 e. The molecule has 1 aromatic heterocycles. The van der Waals surface area contributed by atoms with Crippen LogP contribution >= 0.6 is 38.5 Å². The van der Waals surface area contributed by atoms with Crippen LogP contribution in [0.1, 0.15) is 10.4 Å². The van der Waals surface area contributed by atoms with Crippen LogP contribution in [0.3, 0.4) is 0 Å². The molecule has 3 aromatic rings. The summed E-state index contributed by atoms with van der Waals surface area (Å²) in [4.78, 5) is 16.7. The minimum Gasteiger partial charge on any atom is -0.320 e. The summed E-state index contributed by atoms with van der Waals surface area (Å²) in [6.07, 6.45) is 1.73. The van der Waals surface area contributed by atoms with Crippen molar-refractivity contribution >= 4 is 61.0 Å². The minimum atomic E-state index is -0.136. The van der Waals surface area contributed by atoms with Gasteiger partial charge in [-0.25, -0.2) is 0 Å². The zero-order chi connectivity index (χ0) is 14.8. The second-order valence-electron chi connectivity index (χ2n) is 4.49. The summed E-state index contributed by atoms with van der Waals surface area (Å²) in [5, 5.41) is 3.90. The maximum atomic E-state index is 12.3. The number of amides is 1. The van der Waals surface area contributed by atoms with Crippen LogP contribution in [-0.4, -0.2) is 10.9 Å². The van der Waals surface area contributed by atoms with E-state index < -0.39 is 0 Å². The van der Waals surface area contributed by atoms with Crippen molar-refractivity contribution in [3.8, 4) is 0 Å². The molecule has 0 atom stereocenters. The predicted octanol–water partition coefficient (Wildman–Crippen LogP) is 4.85. The lowest BCUT2D eigenvalue weighted by atomic mass is 10.1. The van der Waals surface area contributed by atoms with Crippen LogP contribution < -0.4 is 5.32 Å². The zero-order valence-electron chi connectivity index (χ0n) is 10.8. The Kier molecular flexibility index (Phi) is 4.21. The third-order valence-electron chi connectivity index (χ3n) is 3.03. The molecule has 0 bridgehead atoms. The van der Waals surface area contributed by atoms with Gasteiger partial charge in [0.15, 0.2) is 0 Å². The fourth-order valence-corrected chi connectivity index (χ4v) is 2.74. The number of hydrogen-bond acceptors (Lipinski definition) is 2. The lowest BCUT2D eigenvalue weighted by molar-refractivity contribution is 0.102. The van der Waals surface area contributed by atoms with Crippen molar-refractivity contribution in [2.24, 2.45) is 0 Å². The number of para-hydroxylation sites is 1. The van der Waals surface area contributed by atoms with Crippen LogP contribution in [-0.2, 0) is 0 Å². The molecule has 1 heterocycles. The normalized spacial score (nSPS) is 10.6. The van der Waals surface area contributed by atoms with E-state index in [1.54, 1.807) is 6.20 Å². The Bertz CT molecular complexity index is 818. The number of aromatic nitrogens is 1. The van der Waals surface area contributed by atoms with E-state index in [2.05, 4.69) is 48.8 Å². The summed E-state index contributed by atoms with van der Waals surface area (Å²) in [5.74, 6) is -0.136. The first-order chi connectivity index (χ1) is 10.1. The Morgan fingerprint density at radius 2 is 1.90 bits per heavy atom. The summed E-state index contributed by atoms with van der Waals surface area (Å²) in [7, 11) is 0. The summed E-state index contributed by atoms with van der Waals surface area (Å²) >= 11 is 5.61. The molecule has 0 fully saturated rings. The molecule has 0 saturated carbocycles. The molecule has 21 heavy (non-hydrogen) atoms. The molecular formula is C16H10BrIN2O. The number of carbonyl (C=O) groups is 1. The molecule has 0 saturated heterocycles. The number of carbonyl (C=O) groups excluding carboxylic acids is 1. The minimum absolute atomic E-state index is 0.136. The van der Waals surface area contributed by atoms with Gasteiger partial charge in [0.1, 0.15) is 0 Å². The van der Waals surface area contributed by atoms with Gasteiger partial charge >= 0.3 is 0 Å². The molecule has 0 spiro atoms. The van der Waals surface area contributed by atoms with Gasteiger partial charge in [0, 0.05) is 25.2 Å². The first-order valence-electron chi connectivity index (χ1n) is 6.25. The van der Waals surface area contributed by atoms with Crippen molar-refractivity contribution in [3.05, 3.63) is 68.3 Å². The molecule has 2 aromatic carbocycles. The van der Waals surface area contributed by atoms with E-state index in [1.165, 1.54) is 0 Å². The predicted molar refractivity (Wildman–Crippen MR) is 96.6 cm³/mol. The van der Waals surface area contributed by atoms with E-state index in [4.69, 9.17) is 0 Å². The highest BCUT2D eigenvalue weighted by atomic mass is 127. The van der Waals surface area contributed by atoms with Crippen LogP contribution in [0.5, 0.6) is 0 Å². The van der Waals surface area contributed by atoms with E-state index in [0.29, 0.717) is 11.3 Å². The second-order valence-corrected chi connectivity index (χ2v) is 6.65. The molecule has 0 aliphatic carbocycles. The Hall–Kier alpha value is -1.47. The lowest BCUT2D eigenvalue weighted by Crippen LogP contribution is -2.12. The molecule has 3 nitrogen and oxygen atoms in total. The second kappa shape index (κ2) is 6.11. The topological polar surface area (TPSA) is 42.0 Å². The van der Waals surface area contributed by atoms with Gasteiger partial charge in [-0.3, -0.25) is 9.78 Å². The van der Waals surface area contributed by atoms with Crippen molar-refractivity contribution in [1.82, 2.24) is 4.98 Å². The highest BCUT2D eigenvalue weighted by molar-refractivity contribution is 14.1. The van der Waals surface area contributed by atoms with Crippen molar-refractivity contribution in [2.45, 2.75) is 0 Å². The Labute approximate surface area is 144 Å². The Morgan fingerprint density at radius 3 is 2.67 bits per heavy atom. The monoisotopic (exact) mass is 452 g/mol. The van der Waals surface area contributed by atoms with E-state index in [9.17, 15) is 4.79 Å². The SMILES string of the molecule is O=C(Nc1cccc2cc(Br)cnc12)c1ccc(I)cc1. The van der Waals surface area contributed by atoms with Crippen LogP contribution in [0.15, 0.2) is 59.2 Å². The van der Waals surface area contributed by atoms with Crippen LogP contribution in [0.2, 0.25) is 0 Å². The summed E-state index contributed by atoms with van der Waals surface area (Å²) in [6.45, 7) is 0. The molecule has 5 heteroatoms.